The van der Waals surface area contributed by atoms with E-state index < -0.39 is 0 Å². The van der Waals surface area contributed by atoms with Gasteiger partial charge < -0.3 is 19.5 Å². The standard InChI is InChI=1S/C24H24FN3O2/c25-18-7-9-19(10-8-18)27-11-12-28-22-6-2-1-4-17(22)14-21(23(28)16-27)24(29)26-15-20-5-3-13-30-20/h1-10,13,21,23H,11-12,14-16H2,(H,26,29)/t21-,23+/m0/s1. The molecule has 2 aliphatic heterocycles. The third-order valence-electron chi connectivity index (χ3n) is 6.17. The van der Waals surface area contributed by atoms with Crippen molar-refractivity contribution in [3.05, 3.63) is 84.1 Å². The van der Waals surface area contributed by atoms with Crippen LogP contribution in [0.2, 0.25) is 0 Å². The molecule has 154 valence electrons. The van der Waals surface area contributed by atoms with Gasteiger partial charge in [-0.3, -0.25) is 4.79 Å². The first-order valence-corrected chi connectivity index (χ1v) is 10.3. The molecule has 0 spiro atoms. The number of nitrogens with zero attached hydrogens (tertiary/aromatic N) is 2. The number of carbonyl (C=O) groups is 1. The Morgan fingerprint density at radius 2 is 1.90 bits per heavy atom. The van der Waals surface area contributed by atoms with Crippen LogP contribution in [0.25, 0.3) is 0 Å². The first-order valence-electron chi connectivity index (χ1n) is 10.3. The smallest absolute Gasteiger partial charge is 0.225 e. The quantitative estimate of drug-likeness (QED) is 0.721. The minimum Gasteiger partial charge on any atom is -0.467 e. The second-order valence-electron chi connectivity index (χ2n) is 7.92. The van der Waals surface area contributed by atoms with Crippen LogP contribution in [0.4, 0.5) is 15.8 Å². The van der Waals surface area contributed by atoms with E-state index in [0.717, 1.165) is 31.1 Å². The maximum atomic E-state index is 13.4. The molecule has 5 nitrogen and oxygen atoms in total. The Morgan fingerprint density at radius 3 is 2.70 bits per heavy atom. The molecular formula is C24H24FN3O2. The summed E-state index contributed by atoms with van der Waals surface area (Å²) in [4.78, 5) is 17.8. The lowest BCUT2D eigenvalue weighted by Crippen LogP contribution is -2.61. The Bertz CT molecular complexity index is 1020. The summed E-state index contributed by atoms with van der Waals surface area (Å²) >= 11 is 0. The number of hydrogen-bond donors (Lipinski definition) is 1. The van der Waals surface area contributed by atoms with Crippen LogP contribution in [0.1, 0.15) is 11.3 Å². The molecule has 2 atom stereocenters. The lowest BCUT2D eigenvalue weighted by atomic mass is 9.83. The number of nitrogens with one attached hydrogen (secondary N) is 1. The molecule has 1 aromatic heterocycles. The van der Waals surface area contributed by atoms with Gasteiger partial charge in [-0.1, -0.05) is 18.2 Å². The average Bonchev–Trinajstić information content (AvgIpc) is 3.31. The van der Waals surface area contributed by atoms with E-state index in [0.29, 0.717) is 13.0 Å². The Balaban J connectivity index is 1.40. The second kappa shape index (κ2) is 7.86. The van der Waals surface area contributed by atoms with Crippen molar-refractivity contribution in [3.63, 3.8) is 0 Å². The summed E-state index contributed by atoms with van der Waals surface area (Å²) in [6.45, 7) is 2.76. The van der Waals surface area contributed by atoms with Gasteiger partial charge in [0.15, 0.2) is 0 Å². The third kappa shape index (κ3) is 3.54. The number of fused-ring (bicyclic) bond motifs is 3. The lowest BCUT2D eigenvalue weighted by molar-refractivity contribution is -0.126. The van der Waals surface area contributed by atoms with Crippen LogP contribution < -0.4 is 15.1 Å². The molecule has 6 heteroatoms. The molecule has 1 amide bonds. The van der Waals surface area contributed by atoms with E-state index in [2.05, 4.69) is 33.3 Å². The van der Waals surface area contributed by atoms with Gasteiger partial charge in [0.1, 0.15) is 11.6 Å². The zero-order valence-electron chi connectivity index (χ0n) is 16.6. The van der Waals surface area contributed by atoms with Crippen LogP contribution in [-0.2, 0) is 17.8 Å². The van der Waals surface area contributed by atoms with Gasteiger partial charge in [0.05, 0.1) is 24.8 Å². The van der Waals surface area contributed by atoms with Crippen LogP contribution in [0.15, 0.2) is 71.3 Å². The zero-order chi connectivity index (χ0) is 20.5. The normalized spacial score (nSPS) is 20.4. The number of amides is 1. The molecule has 0 bridgehead atoms. The second-order valence-corrected chi connectivity index (χ2v) is 7.92. The molecule has 2 aliphatic rings. The van der Waals surface area contributed by atoms with E-state index in [-0.39, 0.29) is 23.7 Å². The molecule has 0 radical (unpaired) electrons. The van der Waals surface area contributed by atoms with E-state index in [9.17, 15) is 9.18 Å². The monoisotopic (exact) mass is 405 g/mol. The van der Waals surface area contributed by atoms with Crippen molar-refractivity contribution in [2.24, 2.45) is 5.92 Å². The number of anilines is 2. The highest BCUT2D eigenvalue weighted by atomic mass is 19.1. The number of rotatable bonds is 4. The number of halogens is 1. The first kappa shape index (κ1) is 18.7. The van der Waals surface area contributed by atoms with E-state index in [1.54, 1.807) is 6.26 Å². The highest BCUT2D eigenvalue weighted by Crippen LogP contribution is 2.37. The minimum absolute atomic E-state index is 0.0388. The van der Waals surface area contributed by atoms with Crippen molar-refractivity contribution >= 4 is 17.3 Å². The fourth-order valence-electron chi connectivity index (χ4n) is 4.66. The molecule has 2 aromatic carbocycles. The Kier molecular flexibility index (Phi) is 4.91. The Morgan fingerprint density at radius 1 is 1.07 bits per heavy atom. The van der Waals surface area contributed by atoms with Gasteiger partial charge in [0, 0.05) is 31.0 Å². The molecule has 1 fully saturated rings. The van der Waals surface area contributed by atoms with Crippen LogP contribution in [-0.4, -0.2) is 31.6 Å². The molecule has 3 aromatic rings. The third-order valence-corrected chi connectivity index (χ3v) is 6.17. The highest BCUT2D eigenvalue weighted by molar-refractivity contribution is 5.82. The molecule has 1 saturated heterocycles. The van der Waals surface area contributed by atoms with Gasteiger partial charge in [-0.25, -0.2) is 4.39 Å². The van der Waals surface area contributed by atoms with Crippen molar-refractivity contribution < 1.29 is 13.6 Å². The van der Waals surface area contributed by atoms with E-state index in [1.165, 1.54) is 23.4 Å². The SMILES string of the molecule is O=C(NCc1ccco1)[C@H]1Cc2ccccc2N2CCN(c3ccc(F)cc3)C[C@H]12. The van der Waals surface area contributed by atoms with Gasteiger partial charge >= 0.3 is 0 Å². The predicted octanol–water partition coefficient (Wildman–Crippen LogP) is 3.60. The molecule has 0 saturated carbocycles. The van der Waals surface area contributed by atoms with E-state index >= 15 is 0 Å². The molecule has 3 heterocycles. The summed E-state index contributed by atoms with van der Waals surface area (Å²) < 4.78 is 18.7. The number of benzene rings is 2. The summed E-state index contributed by atoms with van der Waals surface area (Å²) in [5, 5.41) is 3.05. The van der Waals surface area contributed by atoms with Crippen molar-refractivity contribution in [1.29, 1.82) is 0 Å². The topological polar surface area (TPSA) is 48.7 Å². The number of furan rings is 1. The molecular weight excluding hydrogens is 381 g/mol. The zero-order valence-corrected chi connectivity index (χ0v) is 16.6. The summed E-state index contributed by atoms with van der Waals surface area (Å²) in [5.41, 5.74) is 3.42. The number of para-hydroxylation sites is 1. The number of piperazine rings is 1. The summed E-state index contributed by atoms with van der Waals surface area (Å²) in [6.07, 6.45) is 2.32. The van der Waals surface area contributed by atoms with Gasteiger partial charge in [-0.2, -0.15) is 0 Å². The largest absolute Gasteiger partial charge is 0.467 e. The molecule has 5 rings (SSSR count). The van der Waals surface area contributed by atoms with Gasteiger partial charge in [-0.15, -0.1) is 0 Å². The van der Waals surface area contributed by atoms with Gasteiger partial charge in [0.25, 0.3) is 0 Å². The first-order chi connectivity index (χ1) is 14.7. The summed E-state index contributed by atoms with van der Waals surface area (Å²) in [6, 6.07) is 18.7. The van der Waals surface area contributed by atoms with Gasteiger partial charge in [-0.05, 0) is 54.4 Å². The fourth-order valence-corrected chi connectivity index (χ4v) is 4.66. The highest BCUT2D eigenvalue weighted by Gasteiger charge is 2.41. The van der Waals surface area contributed by atoms with E-state index in [4.69, 9.17) is 4.42 Å². The lowest BCUT2D eigenvalue weighted by Gasteiger charge is -2.49. The fraction of sp³-hybridized carbons (Fsp3) is 0.292. The summed E-state index contributed by atoms with van der Waals surface area (Å²) in [7, 11) is 0. The van der Waals surface area contributed by atoms with Crippen LogP contribution >= 0.6 is 0 Å². The van der Waals surface area contributed by atoms with Crippen LogP contribution in [0, 0.1) is 11.7 Å². The van der Waals surface area contributed by atoms with Gasteiger partial charge in [0.2, 0.25) is 5.91 Å². The van der Waals surface area contributed by atoms with Crippen molar-refractivity contribution in [1.82, 2.24) is 5.32 Å². The number of carbonyl (C=O) groups excluding carboxylic acids is 1. The van der Waals surface area contributed by atoms with Crippen molar-refractivity contribution in [3.8, 4) is 0 Å². The summed E-state index contributed by atoms with van der Waals surface area (Å²) in [5.74, 6) is 0.377. The predicted molar refractivity (Wildman–Crippen MR) is 114 cm³/mol. The van der Waals surface area contributed by atoms with E-state index in [1.807, 2.05) is 30.3 Å². The van der Waals surface area contributed by atoms with Crippen LogP contribution in [0.3, 0.4) is 0 Å². The maximum Gasteiger partial charge on any atom is 0.225 e. The van der Waals surface area contributed by atoms with Crippen molar-refractivity contribution in [2.75, 3.05) is 29.4 Å². The van der Waals surface area contributed by atoms with Crippen molar-refractivity contribution in [2.45, 2.75) is 19.0 Å². The van der Waals surface area contributed by atoms with Crippen LogP contribution in [0.5, 0.6) is 0 Å². The number of hydrogen-bond acceptors (Lipinski definition) is 4. The Hall–Kier alpha value is -3.28. The molecule has 1 N–H and O–H groups in total. The molecule has 0 aliphatic carbocycles. The molecule has 30 heavy (non-hydrogen) atoms. The maximum absolute atomic E-state index is 13.4. The Labute approximate surface area is 175 Å². The molecule has 0 unspecified atom stereocenters. The minimum atomic E-state index is -0.237. The average molecular weight is 405 g/mol.